The van der Waals surface area contributed by atoms with Crippen LogP contribution in [0.5, 0.6) is 11.5 Å². The van der Waals surface area contributed by atoms with Gasteiger partial charge in [-0.15, -0.1) is 0 Å². The molecule has 3 nitrogen and oxygen atoms in total. The van der Waals surface area contributed by atoms with Crippen molar-refractivity contribution >= 4 is 17.6 Å². The molecule has 0 aromatic heterocycles. The minimum Gasteiger partial charge on any atom is -0.482 e. The summed E-state index contributed by atoms with van der Waals surface area (Å²) in [6.45, 7) is 3.74. The molecule has 0 bridgehead atoms. The summed E-state index contributed by atoms with van der Waals surface area (Å²) in [5, 5.41) is 0.621. The number of rotatable bonds is 4. The van der Waals surface area contributed by atoms with Crippen molar-refractivity contribution in [2.45, 2.75) is 13.8 Å². The van der Waals surface area contributed by atoms with E-state index < -0.39 is 5.97 Å². The van der Waals surface area contributed by atoms with Gasteiger partial charge in [0.05, 0.1) is 0 Å². The van der Waals surface area contributed by atoms with Crippen LogP contribution in [-0.2, 0) is 4.79 Å². The second-order valence-electron chi connectivity index (χ2n) is 4.49. The zero-order chi connectivity index (χ0) is 14.5. The maximum Gasteiger partial charge on any atom is 0.349 e. The first-order valence-electron chi connectivity index (χ1n) is 6.21. The number of carbonyl (C=O) groups is 1. The second kappa shape index (κ2) is 6.44. The molecule has 0 saturated carbocycles. The normalized spacial score (nSPS) is 10.2. The van der Waals surface area contributed by atoms with Gasteiger partial charge in [-0.2, -0.15) is 0 Å². The molecule has 2 rings (SSSR count). The number of ether oxygens (including phenoxy) is 2. The summed E-state index contributed by atoms with van der Waals surface area (Å²) in [6.07, 6.45) is 0. The Morgan fingerprint density at radius 1 is 1.10 bits per heavy atom. The highest BCUT2D eigenvalue weighted by molar-refractivity contribution is 6.30. The summed E-state index contributed by atoms with van der Waals surface area (Å²) in [5.74, 6) is 0.694. The van der Waals surface area contributed by atoms with Crippen LogP contribution in [0.1, 0.15) is 11.1 Å². The lowest BCUT2D eigenvalue weighted by atomic mass is 10.1. The molecule has 0 radical (unpaired) electrons. The van der Waals surface area contributed by atoms with E-state index in [4.69, 9.17) is 21.1 Å². The van der Waals surface area contributed by atoms with Crippen LogP contribution in [0.4, 0.5) is 0 Å². The van der Waals surface area contributed by atoms with Gasteiger partial charge in [0.2, 0.25) is 0 Å². The highest BCUT2D eigenvalue weighted by Crippen LogP contribution is 2.19. The van der Waals surface area contributed by atoms with Crippen molar-refractivity contribution in [1.29, 1.82) is 0 Å². The van der Waals surface area contributed by atoms with E-state index in [-0.39, 0.29) is 6.61 Å². The minimum atomic E-state index is -0.438. The van der Waals surface area contributed by atoms with Crippen molar-refractivity contribution in [2.75, 3.05) is 6.61 Å². The molecule has 0 spiro atoms. The van der Waals surface area contributed by atoms with Crippen LogP contribution in [0.2, 0.25) is 5.02 Å². The Kier molecular flexibility index (Phi) is 4.64. The lowest BCUT2D eigenvalue weighted by Gasteiger charge is -2.09. The Morgan fingerprint density at radius 2 is 1.80 bits per heavy atom. The maximum absolute atomic E-state index is 11.7. The minimum absolute atomic E-state index is 0.144. The highest BCUT2D eigenvalue weighted by atomic mass is 35.5. The van der Waals surface area contributed by atoms with Gasteiger partial charge >= 0.3 is 5.97 Å². The van der Waals surface area contributed by atoms with Gasteiger partial charge in [-0.05, 0) is 49.7 Å². The van der Waals surface area contributed by atoms with Crippen LogP contribution >= 0.6 is 11.6 Å². The molecule has 0 heterocycles. The van der Waals surface area contributed by atoms with Crippen LogP contribution in [0.3, 0.4) is 0 Å². The van der Waals surface area contributed by atoms with Crippen LogP contribution < -0.4 is 9.47 Å². The fourth-order valence-corrected chi connectivity index (χ4v) is 1.87. The third-order valence-corrected chi connectivity index (χ3v) is 2.98. The van der Waals surface area contributed by atoms with Gasteiger partial charge in [-0.3, -0.25) is 0 Å². The lowest BCUT2D eigenvalue weighted by Crippen LogP contribution is -2.18. The van der Waals surface area contributed by atoms with E-state index in [0.29, 0.717) is 16.5 Å². The molecule has 2 aromatic rings. The first kappa shape index (κ1) is 14.4. The number of hydrogen-bond acceptors (Lipinski definition) is 3. The fourth-order valence-electron chi connectivity index (χ4n) is 1.74. The van der Waals surface area contributed by atoms with Crippen molar-refractivity contribution < 1.29 is 14.3 Å². The topological polar surface area (TPSA) is 35.5 Å². The van der Waals surface area contributed by atoms with Gasteiger partial charge < -0.3 is 9.47 Å². The van der Waals surface area contributed by atoms with E-state index in [0.717, 1.165) is 11.1 Å². The SMILES string of the molecule is Cc1ccc(OC(=O)COc2ccc(Cl)cc2)c(C)c1. The predicted octanol–water partition coefficient (Wildman–Crippen LogP) is 3.94. The summed E-state index contributed by atoms with van der Waals surface area (Å²) in [6, 6.07) is 12.4. The smallest absolute Gasteiger partial charge is 0.349 e. The molecule has 0 aliphatic carbocycles. The molecule has 0 fully saturated rings. The van der Waals surface area contributed by atoms with Gasteiger partial charge in [0.15, 0.2) is 6.61 Å². The van der Waals surface area contributed by atoms with Crippen LogP contribution in [0, 0.1) is 13.8 Å². The Morgan fingerprint density at radius 3 is 2.45 bits per heavy atom. The first-order chi connectivity index (χ1) is 9.54. The van der Waals surface area contributed by atoms with E-state index in [1.807, 2.05) is 26.0 Å². The van der Waals surface area contributed by atoms with E-state index >= 15 is 0 Å². The van der Waals surface area contributed by atoms with Gasteiger partial charge in [0, 0.05) is 5.02 Å². The Labute approximate surface area is 123 Å². The largest absolute Gasteiger partial charge is 0.482 e. The Balaban J connectivity index is 1.90. The van der Waals surface area contributed by atoms with Gasteiger partial charge in [0.1, 0.15) is 11.5 Å². The summed E-state index contributed by atoms with van der Waals surface area (Å²) in [7, 11) is 0. The zero-order valence-corrected chi connectivity index (χ0v) is 12.1. The third kappa shape index (κ3) is 4.00. The summed E-state index contributed by atoms with van der Waals surface area (Å²) in [5.41, 5.74) is 2.05. The van der Waals surface area contributed by atoms with E-state index in [1.54, 1.807) is 30.3 Å². The third-order valence-electron chi connectivity index (χ3n) is 2.72. The van der Waals surface area contributed by atoms with Crippen molar-refractivity contribution in [1.82, 2.24) is 0 Å². The van der Waals surface area contributed by atoms with Crippen LogP contribution in [0.25, 0.3) is 0 Å². The molecule has 4 heteroatoms. The molecule has 0 aliphatic heterocycles. The lowest BCUT2D eigenvalue weighted by molar-refractivity contribution is -0.136. The number of benzene rings is 2. The number of esters is 1. The van der Waals surface area contributed by atoms with Crippen LogP contribution in [0.15, 0.2) is 42.5 Å². The van der Waals surface area contributed by atoms with Gasteiger partial charge in [-0.1, -0.05) is 29.3 Å². The summed E-state index contributed by atoms with van der Waals surface area (Å²) >= 11 is 5.76. The summed E-state index contributed by atoms with van der Waals surface area (Å²) < 4.78 is 10.6. The average Bonchev–Trinajstić information content (AvgIpc) is 2.41. The Hall–Kier alpha value is -2.00. The molecule has 0 N–H and O–H groups in total. The van der Waals surface area contributed by atoms with E-state index in [2.05, 4.69) is 0 Å². The molecule has 2 aromatic carbocycles. The quantitative estimate of drug-likeness (QED) is 0.632. The van der Waals surface area contributed by atoms with Crippen molar-refractivity contribution in [3.8, 4) is 11.5 Å². The number of carbonyl (C=O) groups excluding carboxylic acids is 1. The van der Waals surface area contributed by atoms with E-state index in [9.17, 15) is 4.79 Å². The monoisotopic (exact) mass is 290 g/mol. The molecular weight excluding hydrogens is 276 g/mol. The highest BCUT2D eigenvalue weighted by Gasteiger charge is 2.08. The molecule has 0 aliphatic rings. The Bertz CT molecular complexity index is 606. The van der Waals surface area contributed by atoms with Crippen molar-refractivity contribution in [3.63, 3.8) is 0 Å². The molecule has 20 heavy (non-hydrogen) atoms. The maximum atomic E-state index is 11.7. The van der Waals surface area contributed by atoms with E-state index in [1.165, 1.54) is 0 Å². The fraction of sp³-hybridized carbons (Fsp3) is 0.188. The second-order valence-corrected chi connectivity index (χ2v) is 4.92. The van der Waals surface area contributed by atoms with Crippen LogP contribution in [-0.4, -0.2) is 12.6 Å². The summed E-state index contributed by atoms with van der Waals surface area (Å²) in [4.78, 5) is 11.7. The average molecular weight is 291 g/mol. The first-order valence-corrected chi connectivity index (χ1v) is 6.59. The standard InChI is InChI=1S/C16H15ClO3/c1-11-3-8-15(12(2)9-11)20-16(18)10-19-14-6-4-13(17)5-7-14/h3-9H,10H2,1-2H3. The number of aryl methyl sites for hydroxylation is 2. The van der Waals surface area contributed by atoms with Crippen molar-refractivity contribution in [2.24, 2.45) is 0 Å². The predicted molar refractivity (Wildman–Crippen MR) is 78.5 cm³/mol. The zero-order valence-electron chi connectivity index (χ0n) is 11.4. The molecular formula is C16H15ClO3. The van der Waals surface area contributed by atoms with Gasteiger partial charge in [-0.25, -0.2) is 4.79 Å². The molecule has 0 amide bonds. The molecule has 0 unspecified atom stereocenters. The van der Waals surface area contributed by atoms with Gasteiger partial charge in [0.25, 0.3) is 0 Å². The molecule has 0 saturated heterocycles. The number of hydrogen-bond donors (Lipinski definition) is 0. The molecule has 104 valence electrons. The van der Waals surface area contributed by atoms with Crippen molar-refractivity contribution in [3.05, 3.63) is 58.6 Å². The number of halogens is 1. The molecule has 0 atom stereocenters.